The molecule has 0 bridgehead atoms. The fourth-order valence-electron chi connectivity index (χ4n) is 1.94. The number of nitrogens with one attached hydrogen (secondary N) is 1. The molecule has 0 radical (unpaired) electrons. The van der Waals surface area contributed by atoms with Crippen molar-refractivity contribution in [1.82, 2.24) is 19.9 Å². The number of hydrogen-bond donors (Lipinski definition) is 1. The summed E-state index contributed by atoms with van der Waals surface area (Å²) in [5.41, 5.74) is 0.339. The topological polar surface area (TPSA) is 59.8 Å². The summed E-state index contributed by atoms with van der Waals surface area (Å²) in [6.45, 7) is 6.91. The van der Waals surface area contributed by atoms with Crippen molar-refractivity contribution >= 4 is 17.5 Å². The number of aromatic nitrogens is 3. The minimum Gasteiger partial charge on any atom is -0.347 e. The number of imidazole rings is 1. The number of amides is 1. The largest absolute Gasteiger partial charge is 0.347 e. The number of carbonyl (C=O) groups is 1. The van der Waals surface area contributed by atoms with Gasteiger partial charge < -0.3 is 9.88 Å². The summed E-state index contributed by atoms with van der Waals surface area (Å²) < 4.78 is 1.95. The molecule has 2 rings (SSSR count). The predicted molar refractivity (Wildman–Crippen MR) is 82.2 cm³/mol. The molecule has 1 unspecified atom stereocenters. The Labute approximate surface area is 129 Å². The van der Waals surface area contributed by atoms with Gasteiger partial charge in [-0.25, -0.2) is 4.98 Å². The number of halogens is 1. The van der Waals surface area contributed by atoms with Gasteiger partial charge in [-0.2, -0.15) is 0 Å². The van der Waals surface area contributed by atoms with Crippen molar-refractivity contribution in [2.45, 2.75) is 33.4 Å². The number of pyridine rings is 1. The molecule has 2 aromatic heterocycles. The van der Waals surface area contributed by atoms with E-state index in [2.05, 4.69) is 36.1 Å². The maximum absolute atomic E-state index is 12.4. The summed E-state index contributed by atoms with van der Waals surface area (Å²) in [6.07, 6.45) is 8.37. The third kappa shape index (κ3) is 4.04. The second-order valence-corrected chi connectivity index (χ2v) is 6.41. The molecule has 5 nitrogen and oxygen atoms in total. The summed E-state index contributed by atoms with van der Waals surface area (Å²) in [5, 5.41) is 3.40. The Morgan fingerprint density at radius 3 is 2.71 bits per heavy atom. The van der Waals surface area contributed by atoms with Crippen molar-refractivity contribution in [2.75, 3.05) is 0 Å². The first kappa shape index (κ1) is 15.5. The fourth-order valence-corrected chi connectivity index (χ4v) is 2.14. The van der Waals surface area contributed by atoms with Crippen LogP contribution in [0.1, 0.15) is 31.1 Å². The van der Waals surface area contributed by atoms with E-state index in [1.807, 2.05) is 10.8 Å². The van der Waals surface area contributed by atoms with Crippen LogP contribution >= 0.6 is 11.6 Å². The second kappa shape index (κ2) is 6.26. The SMILES string of the molecule is CC(C)(C)C(Cn1ccnc1)NC(=O)c1ccncc1Cl. The van der Waals surface area contributed by atoms with Crippen LogP contribution in [0.15, 0.2) is 37.2 Å². The lowest BCUT2D eigenvalue weighted by Gasteiger charge is -2.32. The molecule has 6 heteroatoms. The fraction of sp³-hybridized carbons (Fsp3) is 0.400. The number of hydrogen-bond acceptors (Lipinski definition) is 3. The van der Waals surface area contributed by atoms with Crippen LogP contribution in [-0.2, 0) is 6.54 Å². The Hall–Kier alpha value is -1.88. The quantitative estimate of drug-likeness (QED) is 0.945. The van der Waals surface area contributed by atoms with Crippen LogP contribution in [0.25, 0.3) is 0 Å². The first-order valence-electron chi connectivity index (χ1n) is 6.74. The van der Waals surface area contributed by atoms with E-state index in [9.17, 15) is 4.79 Å². The van der Waals surface area contributed by atoms with E-state index in [1.165, 1.54) is 6.20 Å². The summed E-state index contributed by atoms with van der Waals surface area (Å²) in [5.74, 6) is -0.192. The molecule has 2 heterocycles. The van der Waals surface area contributed by atoms with Crippen LogP contribution in [0.4, 0.5) is 0 Å². The molecule has 1 amide bonds. The lowest BCUT2D eigenvalue weighted by molar-refractivity contribution is 0.0892. The monoisotopic (exact) mass is 306 g/mol. The minimum atomic E-state index is -0.192. The summed E-state index contributed by atoms with van der Waals surface area (Å²) in [6, 6.07) is 1.57. The van der Waals surface area contributed by atoms with Gasteiger partial charge in [0.05, 0.1) is 23.0 Å². The molecule has 112 valence electrons. The molecule has 21 heavy (non-hydrogen) atoms. The molecular formula is C15H19ClN4O. The van der Waals surface area contributed by atoms with Gasteiger partial charge in [-0.3, -0.25) is 9.78 Å². The minimum absolute atomic E-state index is 0.0524. The van der Waals surface area contributed by atoms with Crippen molar-refractivity contribution in [3.05, 3.63) is 47.8 Å². The Kier molecular flexibility index (Phi) is 4.63. The Balaban J connectivity index is 2.16. The zero-order valence-corrected chi connectivity index (χ0v) is 13.1. The zero-order chi connectivity index (χ0) is 15.5. The standard InChI is InChI=1S/C15H19ClN4O/c1-15(2,3)13(9-20-7-6-18-10-20)19-14(21)11-4-5-17-8-12(11)16/h4-8,10,13H,9H2,1-3H3,(H,19,21). The highest BCUT2D eigenvalue weighted by molar-refractivity contribution is 6.33. The van der Waals surface area contributed by atoms with E-state index in [4.69, 9.17) is 11.6 Å². The van der Waals surface area contributed by atoms with Gasteiger partial charge in [-0.15, -0.1) is 0 Å². The first-order valence-corrected chi connectivity index (χ1v) is 7.12. The van der Waals surface area contributed by atoms with Gasteiger partial charge in [0.2, 0.25) is 0 Å². The molecule has 0 saturated carbocycles. The molecule has 0 spiro atoms. The van der Waals surface area contributed by atoms with Crippen LogP contribution in [-0.4, -0.2) is 26.5 Å². The van der Waals surface area contributed by atoms with Crippen LogP contribution in [0.3, 0.4) is 0 Å². The van der Waals surface area contributed by atoms with E-state index in [0.29, 0.717) is 17.1 Å². The van der Waals surface area contributed by atoms with Crippen molar-refractivity contribution in [1.29, 1.82) is 0 Å². The van der Waals surface area contributed by atoms with E-state index >= 15 is 0 Å². The van der Waals surface area contributed by atoms with Crippen LogP contribution < -0.4 is 5.32 Å². The Morgan fingerprint density at radius 1 is 1.38 bits per heavy atom. The molecule has 0 aliphatic heterocycles. The normalized spacial score (nSPS) is 13.0. The molecule has 1 atom stereocenters. The average molecular weight is 307 g/mol. The van der Waals surface area contributed by atoms with Crippen molar-refractivity contribution in [3.8, 4) is 0 Å². The smallest absolute Gasteiger partial charge is 0.253 e. The Bertz CT molecular complexity index is 604. The summed E-state index contributed by atoms with van der Waals surface area (Å²) in [7, 11) is 0. The highest BCUT2D eigenvalue weighted by Gasteiger charge is 2.27. The van der Waals surface area contributed by atoms with E-state index in [1.54, 1.807) is 24.8 Å². The zero-order valence-electron chi connectivity index (χ0n) is 12.4. The molecule has 0 aliphatic rings. The van der Waals surface area contributed by atoms with E-state index in [-0.39, 0.29) is 17.4 Å². The maximum Gasteiger partial charge on any atom is 0.253 e. The molecular weight excluding hydrogens is 288 g/mol. The second-order valence-electron chi connectivity index (χ2n) is 6.01. The van der Waals surface area contributed by atoms with Crippen LogP contribution in [0.5, 0.6) is 0 Å². The molecule has 2 aromatic rings. The third-order valence-corrected chi connectivity index (χ3v) is 3.62. The molecule has 0 aliphatic carbocycles. The van der Waals surface area contributed by atoms with Gasteiger partial charge in [-0.1, -0.05) is 32.4 Å². The maximum atomic E-state index is 12.4. The average Bonchev–Trinajstić information content (AvgIpc) is 2.90. The lowest BCUT2D eigenvalue weighted by Crippen LogP contribution is -2.46. The van der Waals surface area contributed by atoms with Crippen LogP contribution in [0.2, 0.25) is 5.02 Å². The molecule has 1 N–H and O–H groups in total. The van der Waals surface area contributed by atoms with Gasteiger partial charge in [0.25, 0.3) is 5.91 Å². The highest BCUT2D eigenvalue weighted by Crippen LogP contribution is 2.22. The number of nitrogens with zero attached hydrogens (tertiary/aromatic N) is 3. The molecule has 0 saturated heterocycles. The third-order valence-electron chi connectivity index (χ3n) is 3.32. The van der Waals surface area contributed by atoms with E-state index < -0.39 is 0 Å². The number of rotatable bonds is 4. The van der Waals surface area contributed by atoms with Gasteiger partial charge in [0, 0.05) is 31.3 Å². The van der Waals surface area contributed by atoms with Gasteiger partial charge in [0.15, 0.2) is 0 Å². The highest BCUT2D eigenvalue weighted by atomic mass is 35.5. The molecule has 0 fully saturated rings. The van der Waals surface area contributed by atoms with Crippen LogP contribution in [0, 0.1) is 5.41 Å². The van der Waals surface area contributed by atoms with Gasteiger partial charge in [0.1, 0.15) is 0 Å². The first-order chi connectivity index (χ1) is 9.88. The Morgan fingerprint density at radius 2 is 2.14 bits per heavy atom. The molecule has 0 aromatic carbocycles. The van der Waals surface area contributed by atoms with E-state index in [0.717, 1.165) is 0 Å². The van der Waals surface area contributed by atoms with Crippen molar-refractivity contribution in [2.24, 2.45) is 5.41 Å². The predicted octanol–water partition coefficient (Wildman–Crippen LogP) is 2.78. The summed E-state index contributed by atoms with van der Waals surface area (Å²) in [4.78, 5) is 20.3. The van der Waals surface area contributed by atoms with Gasteiger partial charge >= 0.3 is 0 Å². The number of carbonyl (C=O) groups excluding carboxylic acids is 1. The van der Waals surface area contributed by atoms with Crippen molar-refractivity contribution < 1.29 is 4.79 Å². The van der Waals surface area contributed by atoms with Gasteiger partial charge in [-0.05, 0) is 11.5 Å². The van der Waals surface area contributed by atoms with Crippen molar-refractivity contribution in [3.63, 3.8) is 0 Å². The lowest BCUT2D eigenvalue weighted by atomic mass is 9.86. The summed E-state index contributed by atoms with van der Waals surface area (Å²) >= 11 is 6.02.